The molecule has 3 aliphatic rings. The van der Waals surface area contributed by atoms with Crippen LogP contribution in [0.5, 0.6) is 0 Å². The normalized spacial score (nSPS) is 23.1. The number of rotatable bonds is 14. The van der Waals surface area contributed by atoms with E-state index in [1.54, 1.807) is 7.11 Å². The van der Waals surface area contributed by atoms with Crippen LogP contribution >= 0.6 is 0 Å². The smallest absolute Gasteiger partial charge is 0.407 e. The highest BCUT2D eigenvalue weighted by Gasteiger charge is 2.35. The summed E-state index contributed by atoms with van der Waals surface area (Å²) in [4.78, 5) is 14.8. The SMILES string of the molecule is COC(C)COC(c1ccccc1)C1CCCN(C2=NS(=O)N=C2N[C@H](CNC(=O)OCC[Si](C)(C)C)CC2CCCCC2)C1. The van der Waals surface area contributed by atoms with Gasteiger partial charge >= 0.3 is 6.09 Å². The highest BCUT2D eigenvalue weighted by molar-refractivity contribution is 7.83. The van der Waals surface area contributed by atoms with Crippen LogP contribution in [0.3, 0.4) is 0 Å². The Morgan fingerprint density at radius 3 is 2.56 bits per heavy atom. The summed E-state index contributed by atoms with van der Waals surface area (Å²) in [7, 11) is 0.412. The molecule has 0 spiro atoms. The molecular formula is C33H55N5O5SSi. The fourth-order valence-corrected chi connectivity index (χ4v) is 7.77. The second-order valence-electron chi connectivity index (χ2n) is 14.1. The van der Waals surface area contributed by atoms with E-state index < -0.39 is 19.2 Å². The van der Waals surface area contributed by atoms with Gasteiger partial charge in [-0.1, -0.05) is 82.1 Å². The van der Waals surface area contributed by atoms with E-state index in [-0.39, 0.29) is 30.3 Å². The van der Waals surface area contributed by atoms with Gasteiger partial charge in [0.1, 0.15) is 0 Å². The lowest BCUT2D eigenvalue weighted by molar-refractivity contribution is -0.0528. The number of nitrogens with one attached hydrogen (secondary N) is 2. The third-order valence-corrected chi connectivity index (χ3v) is 11.4. The first-order valence-corrected chi connectivity index (χ1v) is 21.6. The third kappa shape index (κ3) is 11.8. The molecule has 0 bridgehead atoms. The zero-order chi connectivity index (χ0) is 32.2. The van der Waals surface area contributed by atoms with Gasteiger partial charge < -0.3 is 29.7 Å². The van der Waals surface area contributed by atoms with Crippen molar-refractivity contribution in [3.05, 3.63) is 35.9 Å². The highest BCUT2D eigenvalue weighted by Crippen LogP contribution is 2.34. The summed E-state index contributed by atoms with van der Waals surface area (Å²) in [5.74, 6) is 1.98. The van der Waals surface area contributed by atoms with Crippen molar-refractivity contribution < 1.29 is 23.2 Å². The molecule has 1 aromatic rings. The number of amides is 1. The monoisotopic (exact) mass is 661 g/mol. The van der Waals surface area contributed by atoms with Crippen LogP contribution in [0.25, 0.3) is 0 Å². The number of hydrogen-bond acceptors (Lipinski definition) is 7. The van der Waals surface area contributed by atoms with Crippen molar-refractivity contribution in [2.24, 2.45) is 20.6 Å². The number of carbonyl (C=O) groups excluding carboxylic acids is 1. The molecule has 1 aromatic carbocycles. The maximum Gasteiger partial charge on any atom is 0.407 e. The van der Waals surface area contributed by atoms with Crippen LogP contribution in [-0.2, 0) is 25.4 Å². The fourth-order valence-electron chi connectivity index (χ4n) is 6.38. The van der Waals surface area contributed by atoms with Crippen molar-refractivity contribution in [1.29, 1.82) is 0 Å². The molecule has 0 aromatic heterocycles. The highest BCUT2D eigenvalue weighted by atomic mass is 32.2. The van der Waals surface area contributed by atoms with Crippen molar-refractivity contribution in [2.75, 3.05) is 40.0 Å². The largest absolute Gasteiger partial charge is 0.450 e. The molecule has 10 nitrogen and oxygen atoms in total. The van der Waals surface area contributed by atoms with Crippen LogP contribution < -0.4 is 10.6 Å². The summed E-state index contributed by atoms with van der Waals surface area (Å²) in [6, 6.07) is 11.2. The van der Waals surface area contributed by atoms with Crippen LogP contribution in [0.15, 0.2) is 39.1 Å². The van der Waals surface area contributed by atoms with Crippen LogP contribution in [-0.4, -0.2) is 87.1 Å². The lowest BCUT2D eigenvalue weighted by Gasteiger charge is -2.38. The van der Waals surface area contributed by atoms with Gasteiger partial charge in [0, 0.05) is 46.8 Å². The molecule has 1 amide bonds. The molecule has 1 saturated carbocycles. The average molecular weight is 662 g/mol. The molecule has 4 unspecified atom stereocenters. The van der Waals surface area contributed by atoms with Gasteiger partial charge in [-0.05, 0) is 43.7 Å². The van der Waals surface area contributed by atoms with E-state index in [2.05, 4.69) is 56.1 Å². The van der Waals surface area contributed by atoms with Gasteiger partial charge in [0.2, 0.25) is 0 Å². The first-order valence-electron chi connectivity index (χ1n) is 16.8. The lowest BCUT2D eigenvalue weighted by atomic mass is 9.84. The zero-order valence-corrected chi connectivity index (χ0v) is 29.8. The molecule has 2 aliphatic heterocycles. The predicted molar refractivity (Wildman–Crippen MR) is 185 cm³/mol. The average Bonchev–Trinajstić information content (AvgIpc) is 3.40. The predicted octanol–water partition coefficient (Wildman–Crippen LogP) is 5.87. The molecule has 2 heterocycles. The Morgan fingerprint density at radius 1 is 1.09 bits per heavy atom. The number of carbonyl (C=O) groups is 1. The number of methoxy groups -OCH3 is 1. The lowest BCUT2D eigenvalue weighted by Crippen LogP contribution is -2.52. The van der Waals surface area contributed by atoms with Crippen LogP contribution in [0.1, 0.15) is 70.0 Å². The number of nitrogens with zero attached hydrogens (tertiary/aromatic N) is 3. The topological polar surface area (TPSA) is 114 Å². The first-order chi connectivity index (χ1) is 21.6. The minimum Gasteiger partial charge on any atom is -0.450 e. The van der Waals surface area contributed by atoms with Gasteiger partial charge in [0.25, 0.3) is 11.2 Å². The number of benzene rings is 1. The van der Waals surface area contributed by atoms with Gasteiger partial charge in [-0.25, -0.2) is 9.00 Å². The standard InChI is InChI=1S/C33H55N5O5SSi/c1-25(41-2)24-43-30(27-15-10-7-11-16-27)28-17-12-18-38(23-28)32-31(36-44(40)37-32)35-29(21-26-13-8-6-9-14-26)22-34-33(39)42-19-20-45(3,4)5/h7,10-11,15-16,25-26,28-30H,6,8-9,12-14,17-24H2,1-5H3,(H,34,39)(H,35,36)/t25?,28?,29-,30?,44?/m0/s1. The molecule has 5 atom stereocenters. The number of amidine groups is 2. The maximum atomic E-state index is 12.7. The second-order valence-corrected chi connectivity index (χ2v) is 20.5. The van der Waals surface area contributed by atoms with Crippen molar-refractivity contribution in [2.45, 2.75) is 102 Å². The number of hydrogen-bond donors (Lipinski definition) is 2. The van der Waals surface area contributed by atoms with E-state index in [4.69, 9.17) is 14.2 Å². The Balaban J connectivity index is 1.43. The van der Waals surface area contributed by atoms with Gasteiger partial charge in [0.05, 0.1) is 25.4 Å². The number of piperidine rings is 1. The Labute approximate surface area is 273 Å². The first kappa shape index (κ1) is 35.6. The van der Waals surface area contributed by atoms with Gasteiger partial charge in [-0.2, -0.15) is 0 Å². The van der Waals surface area contributed by atoms with E-state index >= 15 is 0 Å². The summed E-state index contributed by atoms with van der Waals surface area (Å²) in [5.41, 5.74) is 1.15. The molecule has 2 fully saturated rings. The van der Waals surface area contributed by atoms with Crippen molar-refractivity contribution in [3.63, 3.8) is 0 Å². The molecular weight excluding hydrogens is 607 g/mol. The molecule has 1 aliphatic carbocycles. The number of ether oxygens (including phenoxy) is 3. The van der Waals surface area contributed by atoms with E-state index in [9.17, 15) is 9.00 Å². The molecule has 45 heavy (non-hydrogen) atoms. The molecule has 2 N–H and O–H groups in total. The summed E-state index contributed by atoms with van der Waals surface area (Å²) in [6.07, 6.45) is 8.54. The summed E-state index contributed by atoms with van der Waals surface area (Å²) in [6.45, 7) is 11.7. The molecule has 0 radical (unpaired) electrons. The Morgan fingerprint density at radius 2 is 1.84 bits per heavy atom. The Hall–Kier alpha value is -2.28. The van der Waals surface area contributed by atoms with E-state index in [0.717, 1.165) is 37.4 Å². The maximum absolute atomic E-state index is 12.7. The number of likely N-dealkylation sites (tertiary alicyclic amines) is 1. The van der Waals surface area contributed by atoms with Gasteiger partial charge in [-0.15, -0.1) is 8.80 Å². The quantitative estimate of drug-likeness (QED) is 0.240. The Kier molecular flexibility index (Phi) is 13.9. The molecule has 12 heteroatoms. The summed E-state index contributed by atoms with van der Waals surface area (Å²) in [5, 5.41) is 6.56. The summed E-state index contributed by atoms with van der Waals surface area (Å²) < 4.78 is 39.1. The minimum atomic E-state index is -1.69. The van der Waals surface area contributed by atoms with Crippen molar-refractivity contribution in [1.82, 2.24) is 15.5 Å². The van der Waals surface area contributed by atoms with E-state index in [1.807, 2.05) is 25.1 Å². The van der Waals surface area contributed by atoms with Crippen molar-refractivity contribution >= 4 is 37.0 Å². The van der Waals surface area contributed by atoms with Crippen molar-refractivity contribution in [3.8, 4) is 0 Å². The molecule has 1 saturated heterocycles. The van der Waals surface area contributed by atoms with Gasteiger partial charge in [-0.3, -0.25) is 0 Å². The molecule has 4 rings (SSSR count). The van der Waals surface area contributed by atoms with E-state index in [0.29, 0.717) is 43.9 Å². The Bertz CT molecular complexity index is 1160. The fraction of sp³-hybridized carbons (Fsp3) is 0.727. The van der Waals surface area contributed by atoms with Gasteiger partial charge in [0.15, 0.2) is 11.7 Å². The van der Waals surface area contributed by atoms with Crippen LogP contribution in [0.2, 0.25) is 25.7 Å². The van der Waals surface area contributed by atoms with Crippen LogP contribution in [0.4, 0.5) is 4.79 Å². The second kappa shape index (κ2) is 17.6. The zero-order valence-electron chi connectivity index (χ0n) is 28.0. The molecule has 252 valence electrons. The third-order valence-electron chi connectivity index (χ3n) is 9.03. The number of alkyl carbamates (subject to hydrolysis) is 1. The summed E-state index contributed by atoms with van der Waals surface area (Å²) >= 11 is -1.69. The van der Waals surface area contributed by atoms with E-state index in [1.165, 1.54) is 32.1 Å². The van der Waals surface area contributed by atoms with Crippen LogP contribution in [0, 0.1) is 11.8 Å². The minimum absolute atomic E-state index is 0.00667.